The van der Waals surface area contributed by atoms with Crippen LogP contribution < -0.4 is 14.0 Å². The number of aryl methyl sites for hydroxylation is 1. The molecule has 0 saturated heterocycles. The van der Waals surface area contributed by atoms with Crippen molar-refractivity contribution in [2.24, 2.45) is 0 Å². The van der Waals surface area contributed by atoms with Crippen LogP contribution >= 0.6 is 0 Å². The molecule has 0 bridgehead atoms. The van der Waals surface area contributed by atoms with Crippen LogP contribution in [-0.2, 0) is 13.0 Å². The second kappa shape index (κ2) is 10.8. The fraction of sp³-hybridized carbons (Fsp3) is 0.0667. The van der Waals surface area contributed by atoms with Gasteiger partial charge in [0.05, 0.1) is 28.4 Å². The van der Waals surface area contributed by atoms with Crippen LogP contribution in [0.5, 0.6) is 0 Å². The van der Waals surface area contributed by atoms with Crippen LogP contribution in [-0.4, -0.2) is 0 Å². The number of nitrogens with zero attached hydrogens (tertiary/aromatic N) is 3. The molecule has 1 aliphatic carbocycles. The van der Waals surface area contributed by atoms with Crippen molar-refractivity contribution >= 4 is 22.8 Å². The highest BCUT2D eigenvalue weighted by Crippen LogP contribution is 2.54. The third-order valence-corrected chi connectivity index (χ3v) is 10.2. The fourth-order valence-corrected chi connectivity index (χ4v) is 7.90. The third kappa shape index (κ3) is 4.28. The van der Waals surface area contributed by atoms with Gasteiger partial charge in [-0.3, -0.25) is 0 Å². The number of aromatic nitrogens is 2. The zero-order valence-electron chi connectivity index (χ0n) is 26.5. The molecule has 0 amide bonds. The summed E-state index contributed by atoms with van der Waals surface area (Å²) in [6, 6.07) is 55.3. The molecule has 10 rings (SSSR count). The molecule has 1 unspecified atom stereocenters. The summed E-state index contributed by atoms with van der Waals surface area (Å²) in [7, 11) is 0. The number of benzene rings is 5. The maximum Gasteiger partial charge on any atom is 0.219 e. The average Bonchev–Trinajstić information content (AvgIpc) is 3.97. The lowest BCUT2D eigenvalue weighted by molar-refractivity contribution is -0.687. The first-order valence-corrected chi connectivity index (χ1v) is 16.8. The van der Waals surface area contributed by atoms with Gasteiger partial charge in [-0.1, -0.05) is 91.0 Å². The maximum absolute atomic E-state index is 2.52. The van der Waals surface area contributed by atoms with Gasteiger partial charge in [0.2, 0.25) is 11.4 Å². The van der Waals surface area contributed by atoms with Gasteiger partial charge >= 0.3 is 0 Å². The Morgan fingerprint density at radius 3 is 1.88 bits per heavy atom. The van der Waals surface area contributed by atoms with Crippen molar-refractivity contribution in [1.82, 2.24) is 0 Å². The molecule has 2 aromatic heterocycles. The van der Waals surface area contributed by atoms with Crippen molar-refractivity contribution in [3.05, 3.63) is 181 Å². The molecule has 4 heterocycles. The lowest BCUT2D eigenvalue weighted by Crippen LogP contribution is -2.40. The smallest absolute Gasteiger partial charge is 0.219 e. The Morgan fingerprint density at radius 2 is 1.15 bits per heavy atom. The van der Waals surface area contributed by atoms with Crippen molar-refractivity contribution in [2.75, 3.05) is 4.90 Å². The van der Waals surface area contributed by atoms with E-state index in [1.54, 1.807) is 0 Å². The molecule has 3 nitrogen and oxygen atoms in total. The van der Waals surface area contributed by atoms with Gasteiger partial charge in [-0.25, -0.2) is 0 Å². The summed E-state index contributed by atoms with van der Waals surface area (Å²) in [5.74, 6) is 0.298. The van der Waals surface area contributed by atoms with Gasteiger partial charge in [0, 0.05) is 48.0 Å². The van der Waals surface area contributed by atoms with Crippen LogP contribution in [0.3, 0.4) is 0 Å². The molecule has 3 aliphatic rings. The summed E-state index contributed by atoms with van der Waals surface area (Å²) in [6.07, 6.45) is 7.90. The Bertz CT molecular complexity index is 2390. The predicted molar refractivity (Wildman–Crippen MR) is 194 cm³/mol. The lowest BCUT2D eigenvalue weighted by atomic mass is 9.90. The second-order valence-corrected chi connectivity index (χ2v) is 12.9. The summed E-state index contributed by atoms with van der Waals surface area (Å²) in [5.41, 5.74) is 17.9. The Balaban J connectivity index is 1.16. The van der Waals surface area contributed by atoms with E-state index in [0.717, 1.165) is 13.0 Å². The average molecular weight is 616 g/mol. The molecule has 226 valence electrons. The highest BCUT2D eigenvalue weighted by molar-refractivity contribution is 5.92. The SMILES string of the molecule is C1=C2C1c1c(cccc1N(c1ccccc1)c1cccc3c1CC[n+]1ccc(-c4ccccc4)cc1-3)-c1cc(-c3ccccc3)cc[n+]12. The van der Waals surface area contributed by atoms with Gasteiger partial charge in [0.15, 0.2) is 24.6 Å². The number of hydrogen-bond donors (Lipinski definition) is 0. The Morgan fingerprint density at radius 1 is 0.521 bits per heavy atom. The number of allylic oxidation sites excluding steroid dienone is 2. The van der Waals surface area contributed by atoms with E-state index in [2.05, 4.69) is 184 Å². The van der Waals surface area contributed by atoms with Gasteiger partial charge in [-0.2, -0.15) is 9.13 Å². The summed E-state index contributed by atoms with van der Waals surface area (Å²) in [5, 5.41) is 0. The summed E-state index contributed by atoms with van der Waals surface area (Å²) in [6.45, 7) is 0.949. The minimum atomic E-state index is 0.298. The summed E-state index contributed by atoms with van der Waals surface area (Å²) < 4.78 is 4.80. The molecule has 3 heteroatoms. The predicted octanol–water partition coefficient (Wildman–Crippen LogP) is 9.91. The van der Waals surface area contributed by atoms with Crippen molar-refractivity contribution in [3.63, 3.8) is 0 Å². The second-order valence-electron chi connectivity index (χ2n) is 12.9. The minimum absolute atomic E-state index is 0.298. The van der Waals surface area contributed by atoms with Crippen LogP contribution in [0, 0.1) is 0 Å². The van der Waals surface area contributed by atoms with Crippen molar-refractivity contribution in [3.8, 4) is 44.8 Å². The van der Waals surface area contributed by atoms with Gasteiger partial charge in [-0.05, 0) is 64.2 Å². The first kappa shape index (κ1) is 27.1. The van der Waals surface area contributed by atoms with Crippen molar-refractivity contribution in [1.29, 1.82) is 0 Å². The third-order valence-electron chi connectivity index (χ3n) is 10.2. The number of hydrogen-bond acceptors (Lipinski definition) is 1. The normalized spacial score (nSPS) is 14.8. The van der Waals surface area contributed by atoms with Gasteiger partial charge in [0.25, 0.3) is 0 Å². The van der Waals surface area contributed by atoms with Crippen LogP contribution in [0.25, 0.3) is 50.5 Å². The zero-order valence-corrected chi connectivity index (χ0v) is 26.5. The number of fused-ring (bicyclic) bond motifs is 9. The van der Waals surface area contributed by atoms with Crippen molar-refractivity contribution in [2.45, 2.75) is 18.9 Å². The zero-order chi connectivity index (χ0) is 31.6. The number of pyridine rings is 2. The molecule has 1 atom stereocenters. The highest BCUT2D eigenvalue weighted by atomic mass is 15.2. The van der Waals surface area contributed by atoms with Crippen LogP contribution in [0.2, 0.25) is 0 Å². The molecule has 7 aromatic rings. The number of rotatable bonds is 5. The molecule has 2 aliphatic heterocycles. The molecular weight excluding hydrogens is 583 g/mol. The number of anilines is 3. The lowest BCUT2D eigenvalue weighted by Gasteiger charge is -2.32. The minimum Gasteiger partial charge on any atom is -0.310 e. The largest absolute Gasteiger partial charge is 0.310 e. The van der Waals surface area contributed by atoms with E-state index >= 15 is 0 Å². The molecular formula is C45H33N3+2. The quantitative estimate of drug-likeness (QED) is 0.175. The molecule has 48 heavy (non-hydrogen) atoms. The Labute approximate surface area is 281 Å². The van der Waals surface area contributed by atoms with E-state index in [1.165, 1.54) is 78.7 Å². The Hall–Kier alpha value is -6.06. The highest BCUT2D eigenvalue weighted by Gasteiger charge is 2.46. The Kier molecular flexibility index (Phi) is 6.07. The van der Waals surface area contributed by atoms with Crippen molar-refractivity contribution < 1.29 is 9.13 Å². The van der Waals surface area contributed by atoms with Gasteiger partial charge in [0.1, 0.15) is 0 Å². The molecule has 0 N–H and O–H groups in total. The van der Waals surface area contributed by atoms with E-state index in [0.29, 0.717) is 5.92 Å². The molecule has 0 radical (unpaired) electrons. The van der Waals surface area contributed by atoms with E-state index in [-0.39, 0.29) is 0 Å². The van der Waals surface area contributed by atoms with Crippen LogP contribution in [0.15, 0.2) is 170 Å². The first-order chi connectivity index (χ1) is 23.8. The molecule has 0 fully saturated rings. The van der Waals surface area contributed by atoms with E-state index in [9.17, 15) is 0 Å². The number of para-hydroxylation sites is 1. The summed E-state index contributed by atoms with van der Waals surface area (Å²) >= 11 is 0. The monoisotopic (exact) mass is 615 g/mol. The summed E-state index contributed by atoms with van der Waals surface area (Å²) in [4.78, 5) is 2.52. The molecule has 5 aromatic carbocycles. The fourth-order valence-electron chi connectivity index (χ4n) is 7.90. The molecule has 0 saturated carbocycles. The van der Waals surface area contributed by atoms with E-state index in [1.807, 2.05) is 0 Å². The maximum atomic E-state index is 2.52. The van der Waals surface area contributed by atoms with Gasteiger partial charge in [-0.15, -0.1) is 0 Å². The van der Waals surface area contributed by atoms with E-state index in [4.69, 9.17) is 0 Å². The van der Waals surface area contributed by atoms with Crippen LogP contribution in [0.4, 0.5) is 17.1 Å². The topological polar surface area (TPSA) is 11.0 Å². The molecule has 0 spiro atoms. The van der Waals surface area contributed by atoms with E-state index < -0.39 is 0 Å². The first-order valence-electron chi connectivity index (χ1n) is 16.8. The standard InChI is InChI=1S/C45H33N3/c1-4-12-31(13-5-1)33-22-25-46-26-24-37-36(42(46)28-33)18-10-20-40(37)48(35-16-8-3-9-17-35)41-21-11-19-38-43-29-34(32-14-6-2-7-15-32)23-27-47(43)44-30-39(44)45(38)41/h1-23,25,27-30,39H,24,26H2/q+2. The van der Waals surface area contributed by atoms with Gasteiger partial charge < -0.3 is 4.90 Å². The van der Waals surface area contributed by atoms with Crippen LogP contribution in [0.1, 0.15) is 17.0 Å².